The van der Waals surface area contributed by atoms with E-state index in [1.54, 1.807) is 31.2 Å². The van der Waals surface area contributed by atoms with E-state index in [2.05, 4.69) is 5.32 Å². The van der Waals surface area contributed by atoms with Crippen LogP contribution in [0.1, 0.15) is 39.7 Å². The fourth-order valence-electron chi connectivity index (χ4n) is 3.38. The first-order valence-corrected chi connectivity index (χ1v) is 13.0. The van der Waals surface area contributed by atoms with Gasteiger partial charge < -0.3 is 10.2 Å². The highest BCUT2D eigenvalue weighted by Crippen LogP contribution is 2.21. The van der Waals surface area contributed by atoms with Gasteiger partial charge in [-0.1, -0.05) is 30.7 Å². The molecule has 0 aliphatic rings. The summed E-state index contributed by atoms with van der Waals surface area (Å²) in [6.45, 7) is 6.82. The molecule has 0 fully saturated rings. The highest BCUT2D eigenvalue weighted by Gasteiger charge is 2.33. The van der Waals surface area contributed by atoms with Crippen LogP contribution < -0.4 is 9.62 Å². The molecule has 2 aromatic carbocycles. The first kappa shape index (κ1) is 27.6. The molecule has 0 aromatic heterocycles. The van der Waals surface area contributed by atoms with Gasteiger partial charge in [-0.05, 0) is 69.2 Å². The first-order chi connectivity index (χ1) is 15.7. The molecule has 0 saturated carbocycles. The zero-order valence-corrected chi connectivity index (χ0v) is 21.6. The van der Waals surface area contributed by atoms with E-state index in [0.29, 0.717) is 11.4 Å². The van der Waals surface area contributed by atoms with Gasteiger partial charge in [0.2, 0.25) is 21.8 Å². The molecule has 2 rings (SSSR count). The van der Waals surface area contributed by atoms with E-state index >= 15 is 0 Å². The lowest BCUT2D eigenvalue weighted by Gasteiger charge is -2.34. The number of carbonyl (C=O) groups excluding carboxylic acids is 2. The van der Waals surface area contributed by atoms with Crippen LogP contribution in [0.25, 0.3) is 0 Å². The summed E-state index contributed by atoms with van der Waals surface area (Å²) in [6.07, 6.45) is 1.29. The van der Waals surface area contributed by atoms with Crippen molar-refractivity contribution >= 4 is 39.1 Å². The molecule has 34 heavy (non-hydrogen) atoms. The molecule has 0 radical (unpaired) electrons. The number of hydrogen-bond acceptors (Lipinski definition) is 4. The fraction of sp³-hybridized carbons (Fsp3) is 0.417. The number of anilines is 1. The number of carbonyl (C=O) groups is 2. The summed E-state index contributed by atoms with van der Waals surface area (Å²) in [4.78, 5) is 28.0. The third-order valence-corrected chi connectivity index (χ3v) is 6.34. The summed E-state index contributed by atoms with van der Waals surface area (Å²) in [5.41, 5.74) is 0.357. The van der Waals surface area contributed by atoms with Gasteiger partial charge >= 0.3 is 0 Å². The van der Waals surface area contributed by atoms with Crippen LogP contribution >= 0.6 is 11.6 Å². The lowest BCUT2D eigenvalue weighted by Crippen LogP contribution is -2.55. The minimum atomic E-state index is -3.87. The Labute approximate surface area is 205 Å². The Balaban J connectivity index is 2.43. The topological polar surface area (TPSA) is 86.8 Å². The second-order valence-corrected chi connectivity index (χ2v) is 11.4. The van der Waals surface area contributed by atoms with Crippen LogP contribution in [0.5, 0.6) is 0 Å². The van der Waals surface area contributed by atoms with E-state index in [9.17, 15) is 22.4 Å². The molecule has 0 heterocycles. The molecule has 2 aromatic rings. The Morgan fingerprint density at radius 3 is 2.09 bits per heavy atom. The summed E-state index contributed by atoms with van der Waals surface area (Å²) in [5, 5.41) is 3.42. The van der Waals surface area contributed by atoms with Gasteiger partial charge in [0, 0.05) is 17.1 Å². The normalized spacial score (nSPS) is 12.7. The largest absolute Gasteiger partial charge is 0.350 e. The molecule has 0 saturated heterocycles. The van der Waals surface area contributed by atoms with E-state index in [1.807, 2.05) is 20.8 Å². The van der Waals surface area contributed by atoms with Gasteiger partial charge in [-0.25, -0.2) is 12.8 Å². The Morgan fingerprint density at radius 2 is 1.62 bits per heavy atom. The van der Waals surface area contributed by atoms with E-state index < -0.39 is 39.9 Å². The maximum Gasteiger partial charge on any atom is 0.244 e. The van der Waals surface area contributed by atoms with Gasteiger partial charge in [-0.2, -0.15) is 0 Å². The van der Waals surface area contributed by atoms with E-state index in [-0.39, 0.29) is 18.1 Å². The molecule has 7 nitrogen and oxygen atoms in total. The lowest BCUT2D eigenvalue weighted by atomic mass is 10.1. The minimum Gasteiger partial charge on any atom is -0.350 e. The van der Waals surface area contributed by atoms with Crippen molar-refractivity contribution in [2.75, 3.05) is 17.1 Å². The molecule has 0 bridgehead atoms. The van der Waals surface area contributed by atoms with Gasteiger partial charge in [0.25, 0.3) is 0 Å². The van der Waals surface area contributed by atoms with Gasteiger partial charge in [0.05, 0.1) is 11.9 Å². The number of nitrogens with zero attached hydrogens (tertiary/aromatic N) is 2. The Morgan fingerprint density at radius 1 is 1.06 bits per heavy atom. The second kappa shape index (κ2) is 11.2. The number of hydrogen-bond donors (Lipinski definition) is 1. The molecule has 10 heteroatoms. The standard InChI is InChI=1S/C24H31ClFN3O4S/c1-6-21(23(31)27-24(2,3)4)28(15-17-7-9-18(25)10-8-17)22(30)16-29(34(5,32)33)20-13-11-19(26)12-14-20/h7-14,21H,6,15-16H2,1-5H3,(H,27,31)/t21-/m0/s1. The maximum atomic E-state index is 13.5. The van der Waals surface area contributed by atoms with Crippen LogP contribution in [0, 0.1) is 5.82 Å². The molecule has 1 N–H and O–H groups in total. The zero-order chi connectivity index (χ0) is 25.7. The second-order valence-electron chi connectivity index (χ2n) is 9.06. The number of benzene rings is 2. The van der Waals surface area contributed by atoms with Crippen molar-refractivity contribution in [3.63, 3.8) is 0 Å². The molecular weight excluding hydrogens is 481 g/mol. The third-order valence-electron chi connectivity index (χ3n) is 4.94. The predicted molar refractivity (Wildman–Crippen MR) is 133 cm³/mol. The number of nitrogens with one attached hydrogen (secondary N) is 1. The average molecular weight is 512 g/mol. The molecule has 1 atom stereocenters. The van der Waals surface area contributed by atoms with Crippen molar-refractivity contribution in [1.82, 2.24) is 10.2 Å². The fourth-order valence-corrected chi connectivity index (χ4v) is 4.36. The van der Waals surface area contributed by atoms with Gasteiger partial charge in [0.15, 0.2) is 0 Å². The van der Waals surface area contributed by atoms with E-state index in [4.69, 9.17) is 11.6 Å². The maximum absolute atomic E-state index is 13.5. The SMILES string of the molecule is CC[C@@H](C(=O)NC(C)(C)C)N(Cc1ccc(Cl)cc1)C(=O)CN(c1ccc(F)cc1)S(C)(=O)=O. The van der Waals surface area contributed by atoms with Crippen LogP contribution in [0.3, 0.4) is 0 Å². The minimum absolute atomic E-state index is 0.0765. The van der Waals surface area contributed by atoms with Crippen molar-refractivity contribution in [2.24, 2.45) is 0 Å². The summed E-state index contributed by atoms with van der Waals surface area (Å²) in [6, 6.07) is 10.8. The average Bonchev–Trinajstić information content (AvgIpc) is 2.72. The van der Waals surface area contributed by atoms with Gasteiger partial charge in [-0.15, -0.1) is 0 Å². The Hall–Kier alpha value is -2.65. The zero-order valence-electron chi connectivity index (χ0n) is 20.0. The van der Waals surface area contributed by atoms with Crippen molar-refractivity contribution in [1.29, 1.82) is 0 Å². The van der Waals surface area contributed by atoms with Crippen molar-refractivity contribution in [2.45, 2.75) is 52.2 Å². The number of amides is 2. The smallest absolute Gasteiger partial charge is 0.244 e. The monoisotopic (exact) mass is 511 g/mol. The predicted octanol–water partition coefficient (Wildman–Crippen LogP) is 3.97. The quantitative estimate of drug-likeness (QED) is 0.552. The van der Waals surface area contributed by atoms with Gasteiger partial charge in [-0.3, -0.25) is 13.9 Å². The number of rotatable bonds is 9. The molecular formula is C24H31ClFN3O4S. The molecule has 2 amide bonds. The molecule has 0 spiro atoms. The summed E-state index contributed by atoms with van der Waals surface area (Å²) < 4.78 is 39.3. The summed E-state index contributed by atoms with van der Waals surface area (Å²) in [7, 11) is -3.87. The van der Waals surface area contributed by atoms with Crippen LogP contribution in [-0.2, 0) is 26.2 Å². The highest BCUT2D eigenvalue weighted by molar-refractivity contribution is 7.92. The highest BCUT2D eigenvalue weighted by atomic mass is 35.5. The first-order valence-electron chi connectivity index (χ1n) is 10.8. The van der Waals surface area contributed by atoms with Crippen LogP contribution in [0.4, 0.5) is 10.1 Å². The van der Waals surface area contributed by atoms with Crippen molar-refractivity contribution in [3.05, 3.63) is 64.9 Å². The molecule has 186 valence electrons. The third kappa shape index (κ3) is 7.99. The Bertz CT molecular complexity index is 1100. The van der Waals surface area contributed by atoms with E-state index in [0.717, 1.165) is 28.3 Å². The molecule has 0 unspecified atom stereocenters. The molecule has 0 aliphatic carbocycles. The summed E-state index contributed by atoms with van der Waals surface area (Å²) >= 11 is 5.98. The van der Waals surface area contributed by atoms with Crippen molar-refractivity contribution in [3.8, 4) is 0 Å². The Kier molecular flexibility index (Phi) is 9.08. The van der Waals surface area contributed by atoms with E-state index in [1.165, 1.54) is 17.0 Å². The number of halogens is 2. The van der Waals surface area contributed by atoms with Crippen LogP contribution in [0.2, 0.25) is 5.02 Å². The van der Waals surface area contributed by atoms with Gasteiger partial charge in [0.1, 0.15) is 18.4 Å². The summed E-state index contributed by atoms with van der Waals surface area (Å²) in [5.74, 6) is -1.44. The van der Waals surface area contributed by atoms with Crippen molar-refractivity contribution < 1.29 is 22.4 Å². The molecule has 0 aliphatic heterocycles. The van der Waals surface area contributed by atoms with Crippen LogP contribution in [-0.4, -0.2) is 49.5 Å². The lowest BCUT2D eigenvalue weighted by molar-refractivity contribution is -0.141. The van der Waals surface area contributed by atoms with Crippen LogP contribution in [0.15, 0.2) is 48.5 Å². The number of sulfonamides is 1.